The van der Waals surface area contributed by atoms with Gasteiger partial charge in [0.1, 0.15) is 5.69 Å². The number of nitrogens with zero attached hydrogens (tertiary/aromatic N) is 1. The molecule has 1 aromatic rings. The molecule has 1 atom stereocenters. The number of carbonyl (C=O) groups excluding carboxylic acids is 3. The number of carbonyl (C=O) groups is 3. The molecular formula is C21H32N2O4. The number of Topliss-reactive ketones (excluding diaryl/α,β-unsaturated/α-hetero) is 1. The molecule has 0 aromatic carbocycles. The van der Waals surface area contributed by atoms with E-state index in [9.17, 15) is 14.4 Å². The Morgan fingerprint density at radius 3 is 2.26 bits per heavy atom. The standard InChI is InChI=1S/C21H32N2O4/c1-12(2)11-23(20(25)16-9-7-8-10-16)15(5)19(24)17-13(3)18(21(26)27-6)22-14(17)4/h12,15-16,22H,7-11H2,1-6H3. The van der Waals surface area contributed by atoms with Gasteiger partial charge in [-0.15, -0.1) is 0 Å². The third-order valence-electron chi connectivity index (χ3n) is 5.47. The monoisotopic (exact) mass is 376 g/mol. The highest BCUT2D eigenvalue weighted by molar-refractivity contribution is 6.06. The second-order valence-corrected chi connectivity index (χ2v) is 8.02. The van der Waals surface area contributed by atoms with Gasteiger partial charge in [-0.2, -0.15) is 0 Å². The predicted molar refractivity (Wildman–Crippen MR) is 104 cm³/mol. The van der Waals surface area contributed by atoms with E-state index in [1.807, 2.05) is 13.8 Å². The number of esters is 1. The van der Waals surface area contributed by atoms with Crippen molar-refractivity contribution in [2.75, 3.05) is 13.7 Å². The molecule has 0 spiro atoms. The fraction of sp³-hybridized carbons (Fsp3) is 0.667. The van der Waals surface area contributed by atoms with E-state index in [0.29, 0.717) is 29.1 Å². The minimum absolute atomic E-state index is 0.0260. The van der Waals surface area contributed by atoms with E-state index in [0.717, 1.165) is 25.7 Å². The summed E-state index contributed by atoms with van der Waals surface area (Å²) in [6, 6.07) is -0.570. The van der Waals surface area contributed by atoms with Crippen molar-refractivity contribution in [2.24, 2.45) is 11.8 Å². The third-order valence-corrected chi connectivity index (χ3v) is 5.47. The molecule has 1 aliphatic rings. The SMILES string of the molecule is COC(=O)c1[nH]c(C)c(C(=O)C(C)N(CC(C)C)C(=O)C2CCCC2)c1C. The predicted octanol–water partition coefficient (Wildman–Crippen LogP) is 3.66. The van der Waals surface area contributed by atoms with Crippen molar-refractivity contribution in [3.8, 4) is 0 Å². The first-order valence-electron chi connectivity index (χ1n) is 9.81. The number of ether oxygens (including phenoxy) is 1. The van der Waals surface area contributed by atoms with Crippen LogP contribution in [0.1, 0.15) is 78.6 Å². The van der Waals surface area contributed by atoms with Crippen LogP contribution in [-0.4, -0.2) is 47.2 Å². The van der Waals surface area contributed by atoms with Crippen LogP contribution in [0, 0.1) is 25.7 Å². The first-order chi connectivity index (χ1) is 12.7. The number of aromatic nitrogens is 1. The maximum atomic E-state index is 13.3. The molecule has 1 saturated carbocycles. The van der Waals surface area contributed by atoms with E-state index in [2.05, 4.69) is 4.98 Å². The van der Waals surface area contributed by atoms with Gasteiger partial charge < -0.3 is 14.6 Å². The Morgan fingerprint density at radius 2 is 1.74 bits per heavy atom. The van der Waals surface area contributed by atoms with Crippen molar-refractivity contribution in [3.63, 3.8) is 0 Å². The van der Waals surface area contributed by atoms with Crippen molar-refractivity contribution in [2.45, 2.75) is 66.3 Å². The Labute approximate surface area is 161 Å². The second-order valence-electron chi connectivity index (χ2n) is 8.02. The van der Waals surface area contributed by atoms with Crippen LogP contribution in [0.3, 0.4) is 0 Å². The number of rotatable bonds is 7. The largest absolute Gasteiger partial charge is 0.464 e. The Morgan fingerprint density at radius 1 is 1.15 bits per heavy atom. The molecule has 6 heteroatoms. The number of aryl methyl sites for hydroxylation is 1. The summed E-state index contributed by atoms with van der Waals surface area (Å²) in [5, 5.41) is 0. The molecule has 2 rings (SSSR count). The maximum Gasteiger partial charge on any atom is 0.354 e. The highest BCUT2D eigenvalue weighted by Crippen LogP contribution is 2.29. The summed E-state index contributed by atoms with van der Waals surface area (Å²) in [5.41, 5.74) is 1.98. The molecule has 0 aliphatic heterocycles. The number of aromatic amines is 1. The molecular weight excluding hydrogens is 344 g/mol. The maximum absolute atomic E-state index is 13.3. The number of H-pyrrole nitrogens is 1. The van der Waals surface area contributed by atoms with Crippen molar-refractivity contribution in [3.05, 3.63) is 22.5 Å². The zero-order valence-electron chi connectivity index (χ0n) is 17.3. The molecule has 0 saturated heterocycles. The fourth-order valence-corrected chi connectivity index (χ4v) is 4.02. The molecule has 1 aliphatic carbocycles. The Kier molecular flexibility index (Phi) is 6.84. The average molecular weight is 376 g/mol. The van der Waals surface area contributed by atoms with Crippen molar-refractivity contribution < 1.29 is 19.1 Å². The van der Waals surface area contributed by atoms with Crippen LogP contribution < -0.4 is 0 Å². The summed E-state index contributed by atoms with van der Waals surface area (Å²) < 4.78 is 4.79. The molecule has 1 amide bonds. The minimum Gasteiger partial charge on any atom is -0.464 e. The number of ketones is 1. The highest BCUT2D eigenvalue weighted by atomic mass is 16.5. The van der Waals surface area contributed by atoms with Gasteiger partial charge in [0, 0.05) is 23.7 Å². The minimum atomic E-state index is -0.570. The quantitative estimate of drug-likeness (QED) is 0.582. The number of nitrogens with one attached hydrogen (secondary N) is 1. The number of methoxy groups -OCH3 is 1. The van der Waals surface area contributed by atoms with Gasteiger partial charge in [-0.05, 0) is 45.1 Å². The lowest BCUT2D eigenvalue weighted by atomic mass is 9.97. The lowest BCUT2D eigenvalue weighted by molar-refractivity contribution is -0.137. The Hall–Kier alpha value is -2.11. The molecule has 1 unspecified atom stereocenters. The van der Waals surface area contributed by atoms with Crippen LogP contribution in [0.4, 0.5) is 0 Å². The average Bonchev–Trinajstić information content (AvgIpc) is 3.25. The summed E-state index contributed by atoms with van der Waals surface area (Å²) >= 11 is 0. The number of hydrogen-bond acceptors (Lipinski definition) is 4. The zero-order valence-corrected chi connectivity index (χ0v) is 17.3. The van der Waals surface area contributed by atoms with Gasteiger partial charge in [0.25, 0.3) is 0 Å². The third kappa shape index (κ3) is 4.42. The van der Waals surface area contributed by atoms with E-state index in [-0.39, 0.29) is 23.5 Å². The van der Waals surface area contributed by atoms with Gasteiger partial charge in [0.05, 0.1) is 13.2 Å². The van der Waals surface area contributed by atoms with E-state index in [1.165, 1.54) is 7.11 Å². The van der Waals surface area contributed by atoms with Crippen LogP contribution in [0.25, 0.3) is 0 Å². The summed E-state index contributed by atoms with van der Waals surface area (Å²) in [4.78, 5) is 43.0. The topological polar surface area (TPSA) is 79.5 Å². The van der Waals surface area contributed by atoms with Gasteiger partial charge in [-0.3, -0.25) is 9.59 Å². The van der Waals surface area contributed by atoms with E-state index >= 15 is 0 Å². The van der Waals surface area contributed by atoms with Crippen molar-refractivity contribution in [1.29, 1.82) is 0 Å². The lowest BCUT2D eigenvalue weighted by Crippen LogP contribution is -2.47. The van der Waals surface area contributed by atoms with Crippen LogP contribution in [-0.2, 0) is 9.53 Å². The first kappa shape index (κ1) is 21.2. The molecule has 1 N–H and O–H groups in total. The molecule has 1 aromatic heterocycles. The Balaban J connectivity index is 2.33. The van der Waals surface area contributed by atoms with Crippen molar-refractivity contribution in [1.82, 2.24) is 9.88 Å². The van der Waals surface area contributed by atoms with Gasteiger partial charge in [-0.25, -0.2) is 4.79 Å². The number of amides is 1. The zero-order chi connectivity index (χ0) is 20.3. The second kappa shape index (κ2) is 8.72. The summed E-state index contributed by atoms with van der Waals surface area (Å²) in [7, 11) is 1.31. The fourth-order valence-electron chi connectivity index (χ4n) is 4.02. The molecule has 0 bridgehead atoms. The lowest BCUT2D eigenvalue weighted by Gasteiger charge is -2.32. The first-order valence-corrected chi connectivity index (χ1v) is 9.81. The summed E-state index contributed by atoms with van der Waals surface area (Å²) in [5.74, 6) is -0.254. The highest BCUT2D eigenvalue weighted by Gasteiger charge is 2.35. The normalized spacial score (nSPS) is 15.8. The molecule has 1 heterocycles. The van der Waals surface area contributed by atoms with Gasteiger partial charge in [-0.1, -0.05) is 26.7 Å². The van der Waals surface area contributed by atoms with Crippen LogP contribution >= 0.6 is 0 Å². The Bertz CT molecular complexity index is 714. The molecule has 0 radical (unpaired) electrons. The van der Waals surface area contributed by atoms with E-state index < -0.39 is 12.0 Å². The smallest absolute Gasteiger partial charge is 0.354 e. The molecule has 6 nitrogen and oxygen atoms in total. The van der Waals surface area contributed by atoms with E-state index in [1.54, 1.807) is 25.7 Å². The van der Waals surface area contributed by atoms with Crippen molar-refractivity contribution >= 4 is 17.7 Å². The van der Waals surface area contributed by atoms with Gasteiger partial charge in [0.15, 0.2) is 5.78 Å². The molecule has 1 fully saturated rings. The van der Waals surface area contributed by atoms with Gasteiger partial charge >= 0.3 is 5.97 Å². The van der Waals surface area contributed by atoms with Gasteiger partial charge in [0.2, 0.25) is 5.91 Å². The van der Waals surface area contributed by atoms with E-state index in [4.69, 9.17) is 4.74 Å². The molecule has 27 heavy (non-hydrogen) atoms. The van der Waals surface area contributed by atoms with Crippen LogP contribution in [0.5, 0.6) is 0 Å². The molecule has 150 valence electrons. The summed E-state index contributed by atoms with van der Waals surface area (Å²) in [6.45, 7) is 9.95. The van der Waals surface area contributed by atoms with Crippen LogP contribution in [0.15, 0.2) is 0 Å². The van der Waals surface area contributed by atoms with Crippen LogP contribution in [0.2, 0.25) is 0 Å². The number of hydrogen-bond donors (Lipinski definition) is 1. The summed E-state index contributed by atoms with van der Waals surface area (Å²) in [6.07, 6.45) is 3.96.